The van der Waals surface area contributed by atoms with E-state index < -0.39 is 41.0 Å². The summed E-state index contributed by atoms with van der Waals surface area (Å²) < 4.78 is 68.5. The molecular weight excluding hydrogens is 626 g/mol. The molecule has 1 aliphatic rings. The van der Waals surface area contributed by atoms with Crippen molar-refractivity contribution in [3.05, 3.63) is 148 Å². The van der Waals surface area contributed by atoms with Crippen LogP contribution in [-0.4, -0.2) is 37.2 Å². The molecule has 0 saturated carbocycles. The monoisotopic (exact) mass is 650 g/mol. The normalized spacial score (nSPS) is 13.4. The van der Waals surface area contributed by atoms with Crippen molar-refractivity contribution in [2.24, 2.45) is 10.3 Å². The number of nitrogens with zero attached hydrogens (tertiary/aromatic N) is 7. The van der Waals surface area contributed by atoms with Gasteiger partial charge in [-0.2, -0.15) is 14.0 Å². The maximum absolute atomic E-state index is 15.8. The number of ether oxygens (including phenoxy) is 1. The van der Waals surface area contributed by atoms with Crippen LogP contribution < -0.4 is 4.74 Å². The fraction of sp³-hybridized carbons (Fsp3) is 0.143. The van der Waals surface area contributed by atoms with Crippen molar-refractivity contribution in [3.63, 3.8) is 0 Å². The Labute approximate surface area is 271 Å². The topological polar surface area (TPSA) is 112 Å². The highest BCUT2D eigenvalue weighted by molar-refractivity contribution is 5.46. The van der Waals surface area contributed by atoms with Crippen LogP contribution in [0.25, 0.3) is 0 Å². The smallest absolute Gasteiger partial charge is 0.325 e. The molecule has 0 radical (unpaired) electrons. The van der Waals surface area contributed by atoms with Crippen LogP contribution in [0.3, 0.4) is 0 Å². The molecule has 2 aromatic heterocycles. The van der Waals surface area contributed by atoms with E-state index in [4.69, 9.17) is 10.00 Å². The first kappa shape index (κ1) is 31.8. The summed E-state index contributed by atoms with van der Waals surface area (Å²) in [5, 5.41) is 27.1. The van der Waals surface area contributed by atoms with E-state index in [-0.39, 0.29) is 0 Å². The van der Waals surface area contributed by atoms with Gasteiger partial charge in [-0.15, -0.1) is 4.70 Å². The molecule has 0 fully saturated rings. The Morgan fingerprint density at radius 1 is 0.896 bits per heavy atom. The van der Waals surface area contributed by atoms with Crippen LogP contribution in [0.1, 0.15) is 39.2 Å². The van der Waals surface area contributed by atoms with Crippen LogP contribution in [0, 0.1) is 34.8 Å². The Balaban J connectivity index is 1.09. The minimum atomic E-state index is -4.13. The molecule has 238 valence electrons. The summed E-state index contributed by atoms with van der Waals surface area (Å²) in [4.78, 5) is 7.82. The molecule has 6 rings (SSSR count). The van der Waals surface area contributed by atoms with E-state index in [0.29, 0.717) is 41.8 Å². The summed E-state index contributed by atoms with van der Waals surface area (Å²) in [6.07, 6.45) is 5.51. The zero-order valence-corrected chi connectivity index (χ0v) is 24.9. The Morgan fingerprint density at radius 2 is 1.60 bits per heavy atom. The van der Waals surface area contributed by atoms with Gasteiger partial charge in [0.1, 0.15) is 42.3 Å². The van der Waals surface area contributed by atoms with E-state index in [1.165, 1.54) is 6.07 Å². The molecule has 9 nitrogen and oxygen atoms in total. The fourth-order valence-corrected chi connectivity index (χ4v) is 4.88. The van der Waals surface area contributed by atoms with Crippen LogP contribution in [0.15, 0.2) is 108 Å². The van der Waals surface area contributed by atoms with Crippen molar-refractivity contribution in [2.45, 2.75) is 24.7 Å². The highest BCUT2D eigenvalue weighted by atomic mass is 19.3. The molecule has 0 saturated heterocycles. The molecule has 0 amide bonds. The first-order valence-corrected chi connectivity index (χ1v) is 14.4. The van der Waals surface area contributed by atoms with E-state index in [9.17, 15) is 13.9 Å². The van der Waals surface area contributed by atoms with E-state index in [2.05, 4.69) is 32.1 Å². The number of halogens is 4. The van der Waals surface area contributed by atoms with Crippen LogP contribution in [-0.2, 0) is 24.7 Å². The van der Waals surface area contributed by atoms with Gasteiger partial charge in [-0.1, -0.05) is 36.1 Å². The third-order valence-electron chi connectivity index (χ3n) is 7.47. The second-order valence-electron chi connectivity index (χ2n) is 10.8. The Hall–Kier alpha value is -6.18. The number of hydrogen-bond acceptors (Lipinski definition) is 7. The number of β-amino-alcohol motifs (C(OH)–C–C–N with tert-alkyl or cyclic N) is 1. The molecule has 0 spiro atoms. The molecule has 13 heteroatoms. The van der Waals surface area contributed by atoms with Gasteiger partial charge in [-0.3, -0.25) is 4.98 Å². The first-order valence-electron chi connectivity index (χ1n) is 14.4. The van der Waals surface area contributed by atoms with E-state index in [0.717, 1.165) is 46.6 Å². The standard InChI is InChI=1S/C35H24F4N7O2/c36-28-10-13-31(32(37)15-28)34(47,21-46-23-43-44-46)35(38,39)33-14-9-25(17-41-33)2-1-24-7-11-30(12-8-24)48-20-27-5-3-26(4-6-27)18-45-19-29(16-40)42-22-45/h3-15,17,19,22-23,47H,18,20-21H2/q+1. The number of alkyl halides is 2. The van der Waals surface area contributed by atoms with Gasteiger partial charge in [0.25, 0.3) is 6.34 Å². The van der Waals surface area contributed by atoms with Gasteiger partial charge in [0.2, 0.25) is 0 Å². The molecule has 3 aromatic carbocycles. The average Bonchev–Trinajstić information content (AvgIpc) is 3.53. The SMILES string of the molecule is N#Cc1cn(Cc2ccc(COc3ccc(C#Cc4ccc(C(F)(F)C(O)(C[N+]5=NN=C5)c5ccc(F)cc5F)nc4)cc3)cc2)cn1. The quantitative estimate of drug-likeness (QED) is 0.116. The second-order valence-corrected chi connectivity index (χ2v) is 10.8. The second kappa shape index (κ2) is 13.3. The van der Waals surface area contributed by atoms with Gasteiger partial charge in [0, 0.05) is 46.8 Å². The van der Waals surface area contributed by atoms with E-state index in [1.54, 1.807) is 36.8 Å². The van der Waals surface area contributed by atoms with E-state index in [1.807, 2.05) is 34.9 Å². The summed E-state index contributed by atoms with van der Waals surface area (Å²) >= 11 is 0. The zero-order valence-electron chi connectivity index (χ0n) is 24.9. The molecular formula is C35H24F4N7O2+. The van der Waals surface area contributed by atoms with Gasteiger partial charge < -0.3 is 14.4 Å². The lowest BCUT2D eigenvalue weighted by molar-refractivity contribution is -0.527. The largest absolute Gasteiger partial charge is 0.489 e. The number of hydrogen-bond donors (Lipinski definition) is 1. The van der Waals surface area contributed by atoms with Crippen LogP contribution in [0.2, 0.25) is 0 Å². The van der Waals surface area contributed by atoms with Gasteiger partial charge in [-0.25, -0.2) is 13.8 Å². The number of nitriles is 1. The zero-order chi connectivity index (χ0) is 33.7. The number of aliphatic hydroxyl groups is 1. The van der Waals surface area contributed by atoms with Crippen molar-refractivity contribution in [1.82, 2.24) is 14.5 Å². The maximum atomic E-state index is 15.8. The molecule has 48 heavy (non-hydrogen) atoms. The molecule has 0 aliphatic carbocycles. The molecule has 5 aromatic rings. The summed E-state index contributed by atoms with van der Waals surface area (Å²) in [5.74, 6) is -0.0365. The summed E-state index contributed by atoms with van der Waals surface area (Å²) in [5.41, 5.74) is -1.49. The predicted octanol–water partition coefficient (Wildman–Crippen LogP) is 5.86. The Kier molecular flexibility index (Phi) is 8.79. The predicted molar refractivity (Wildman–Crippen MR) is 164 cm³/mol. The molecule has 1 aliphatic heterocycles. The summed E-state index contributed by atoms with van der Waals surface area (Å²) in [7, 11) is 0. The van der Waals surface area contributed by atoms with Crippen LogP contribution >= 0.6 is 0 Å². The first-order chi connectivity index (χ1) is 23.1. The molecule has 0 bridgehead atoms. The van der Waals surface area contributed by atoms with Crippen molar-refractivity contribution in [1.29, 1.82) is 5.26 Å². The van der Waals surface area contributed by atoms with Crippen molar-refractivity contribution < 1.29 is 32.1 Å². The van der Waals surface area contributed by atoms with Crippen molar-refractivity contribution in [3.8, 4) is 23.7 Å². The van der Waals surface area contributed by atoms with Crippen LogP contribution in [0.5, 0.6) is 5.75 Å². The van der Waals surface area contributed by atoms with E-state index >= 15 is 8.78 Å². The minimum Gasteiger partial charge on any atom is -0.489 e. The number of benzene rings is 3. The highest BCUT2D eigenvalue weighted by Gasteiger charge is 2.59. The number of pyridine rings is 1. The Bertz CT molecular complexity index is 2110. The third kappa shape index (κ3) is 6.82. The maximum Gasteiger partial charge on any atom is 0.325 e. The number of imidazole rings is 1. The van der Waals surface area contributed by atoms with Gasteiger partial charge >= 0.3 is 5.92 Å². The lowest BCUT2D eigenvalue weighted by atomic mass is 9.84. The minimum absolute atomic E-state index is 0.318. The molecule has 1 N–H and O–H groups in total. The average molecular weight is 651 g/mol. The lowest BCUT2D eigenvalue weighted by Crippen LogP contribution is -2.50. The summed E-state index contributed by atoms with van der Waals surface area (Å²) in [6.45, 7) is 0.0831. The number of aromatic nitrogens is 3. The summed E-state index contributed by atoms with van der Waals surface area (Å²) in [6, 6.07) is 21.2. The Morgan fingerprint density at radius 3 is 2.23 bits per heavy atom. The third-order valence-corrected chi connectivity index (χ3v) is 7.47. The molecule has 3 heterocycles. The van der Waals surface area contributed by atoms with Crippen LogP contribution in [0.4, 0.5) is 17.6 Å². The lowest BCUT2D eigenvalue weighted by Gasteiger charge is -2.35. The van der Waals surface area contributed by atoms with Gasteiger partial charge in [-0.05, 0) is 59.7 Å². The van der Waals surface area contributed by atoms with Crippen molar-refractivity contribution in [2.75, 3.05) is 6.54 Å². The molecule has 1 unspecified atom stereocenters. The van der Waals surface area contributed by atoms with Gasteiger partial charge in [0.05, 0.1) is 11.6 Å². The highest BCUT2D eigenvalue weighted by Crippen LogP contribution is 2.46. The fourth-order valence-electron chi connectivity index (χ4n) is 4.88. The van der Waals surface area contributed by atoms with Gasteiger partial charge in [0.15, 0.2) is 11.3 Å². The van der Waals surface area contributed by atoms with Crippen molar-refractivity contribution >= 4 is 6.34 Å². The molecule has 1 atom stereocenters. The number of rotatable bonds is 10.